The number of aromatic nitrogens is 2. The number of carbonyl (C=O) groups is 1. The van der Waals surface area contributed by atoms with E-state index in [4.69, 9.17) is 0 Å². The first-order valence-corrected chi connectivity index (χ1v) is 7.62. The fraction of sp³-hybridized carbons (Fsp3) is 0.353. The zero-order valence-corrected chi connectivity index (χ0v) is 12.8. The van der Waals surface area contributed by atoms with Crippen LogP contribution in [0.15, 0.2) is 35.4 Å². The van der Waals surface area contributed by atoms with E-state index in [1.165, 1.54) is 18.4 Å². The maximum Gasteiger partial charge on any atom is 0.291 e. The second-order valence-corrected chi connectivity index (χ2v) is 6.00. The van der Waals surface area contributed by atoms with E-state index >= 15 is 0 Å². The Balaban J connectivity index is 1.57. The Hall–Kier alpha value is -2.43. The van der Waals surface area contributed by atoms with Gasteiger partial charge in [0, 0.05) is 11.6 Å². The number of benzene rings is 1. The molecule has 1 aromatic carbocycles. The molecule has 0 unspecified atom stereocenters. The summed E-state index contributed by atoms with van der Waals surface area (Å²) in [5.74, 6) is 0.765. The Kier molecular flexibility index (Phi) is 4.04. The maximum atomic E-state index is 11.9. The quantitative estimate of drug-likeness (QED) is 0.657. The van der Waals surface area contributed by atoms with Gasteiger partial charge in [-0.15, -0.1) is 0 Å². The van der Waals surface area contributed by atoms with Gasteiger partial charge in [0.2, 0.25) is 0 Å². The summed E-state index contributed by atoms with van der Waals surface area (Å²) in [6.45, 7) is 4.31. The normalized spacial score (nSPS) is 14.7. The van der Waals surface area contributed by atoms with Gasteiger partial charge < -0.3 is 0 Å². The van der Waals surface area contributed by atoms with Crippen LogP contribution in [-0.4, -0.2) is 22.3 Å². The van der Waals surface area contributed by atoms with E-state index in [1.54, 1.807) is 12.3 Å². The van der Waals surface area contributed by atoms with Gasteiger partial charge in [0.1, 0.15) is 0 Å². The molecule has 1 aliphatic carbocycles. The number of H-pyrrole nitrogens is 1. The summed E-state index contributed by atoms with van der Waals surface area (Å²) in [6.07, 6.45) is 3.98. The van der Waals surface area contributed by atoms with Crippen molar-refractivity contribution in [2.45, 2.75) is 38.5 Å². The molecule has 5 heteroatoms. The van der Waals surface area contributed by atoms with E-state index in [9.17, 15) is 4.79 Å². The fourth-order valence-corrected chi connectivity index (χ4v) is 2.25. The fourth-order valence-electron chi connectivity index (χ4n) is 2.25. The highest BCUT2D eigenvalue weighted by molar-refractivity contribution is 5.93. The largest absolute Gasteiger partial charge is 0.291 e. The molecule has 0 aliphatic heterocycles. The molecule has 0 saturated heterocycles. The SMILES string of the molecule is CC(C)c1ccc(/C=N/NC(=O)c2cc(C3CC3)[nH]n2)cc1. The standard InChI is InChI=1S/C17H20N4O/c1-11(2)13-5-3-12(4-6-13)10-18-21-17(22)16-9-15(19-20-16)14-7-8-14/h3-6,9-11,14H,7-8H2,1-2H3,(H,19,20)(H,21,22)/b18-10+. The van der Waals surface area contributed by atoms with Crippen molar-refractivity contribution in [3.63, 3.8) is 0 Å². The number of rotatable bonds is 5. The number of carbonyl (C=O) groups excluding carboxylic acids is 1. The van der Waals surface area contributed by atoms with Crippen molar-refractivity contribution in [2.24, 2.45) is 5.10 Å². The van der Waals surface area contributed by atoms with Crippen molar-refractivity contribution < 1.29 is 4.79 Å². The summed E-state index contributed by atoms with van der Waals surface area (Å²) in [6, 6.07) is 9.93. The van der Waals surface area contributed by atoms with Gasteiger partial charge in [0.25, 0.3) is 5.91 Å². The van der Waals surface area contributed by atoms with E-state index in [0.29, 0.717) is 17.5 Å². The summed E-state index contributed by atoms with van der Waals surface area (Å²) < 4.78 is 0. The van der Waals surface area contributed by atoms with Crippen molar-refractivity contribution in [3.8, 4) is 0 Å². The molecule has 1 heterocycles. The highest BCUT2D eigenvalue weighted by atomic mass is 16.2. The predicted octanol–water partition coefficient (Wildman–Crippen LogP) is 3.17. The molecule has 2 aromatic rings. The molecular formula is C17H20N4O. The Labute approximate surface area is 129 Å². The highest BCUT2D eigenvalue weighted by Gasteiger charge is 2.26. The van der Waals surface area contributed by atoms with E-state index < -0.39 is 0 Å². The number of nitrogens with zero attached hydrogens (tertiary/aromatic N) is 2. The Morgan fingerprint density at radius 1 is 1.36 bits per heavy atom. The summed E-state index contributed by atoms with van der Waals surface area (Å²) in [4.78, 5) is 11.9. The number of aromatic amines is 1. The summed E-state index contributed by atoms with van der Waals surface area (Å²) in [5.41, 5.74) is 6.16. The molecule has 114 valence electrons. The summed E-state index contributed by atoms with van der Waals surface area (Å²) in [5, 5.41) is 10.9. The lowest BCUT2D eigenvalue weighted by atomic mass is 10.0. The van der Waals surface area contributed by atoms with Gasteiger partial charge in [-0.1, -0.05) is 38.1 Å². The van der Waals surface area contributed by atoms with Gasteiger partial charge in [-0.05, 0) is 36.0 Å². The summed E-state index contributed by atoms with van der Waals surface area (Å²) in [7, 11) is 0. The van der Waals surface area contributed by atoms with Crippen LogP contribution in [0.1, 0.15) is 65.8 Å². The van der Waals surface area contributed by atoms with Crippen molar-refractivity contribution in [1.29, 1.82) is 0 Å². The number of nitrogens with one attached hydrogen (secondary N) is 2. The van der Waals surface area contributed by atoms with Gasteiger partial charge in [-0.3, -0.25) is 9.89 Å². The molecule has 0 radical (unpaired) electrons. The van der Waals surface area contributed by atoms with Crippen LogP contribution in [0.5, 0.6) is 0 Å². The average molecular weight is 296 g/mol. The first-order valence-electron chi connectivity index (χ1n) is 7.62. The maximum absolute atomic E-state index is 11.9. The number of hydrazone groups is 1. The lowest BCUT2D eigenvalue weighted by Crippen LogP contribution is -2.18. The molecule has 2 N–H and O–H groups in total. The zero-order chi connectivity index (χ0) is 15.5. The minimum atomic E-state index is -0.293. The monoisotopic (exact) mass is 296 g/mol. The van der Waals surface area contributed by atoms with Gasteiger partial charge in [-0.25, -0.2) is 5.43 Å². The van der Waals surface area contributed by atoms with Crippen LogP contribution in [-0.2, 0) is 0 Å². The predicted molar refractivity (Wildman–Crippen MR) is 86.2 cm³/mol. The molecule has 22 heavy (non-hydrogen) atoms. The van der Waals surface area contributed by atoms with Crippen LogP contribution in [0.2, 0.25) is 0 Å². The lowest BCUT2D eigenvalue weighted by molar-refractivity contribution is 0.0950. The van der Waals surface area contributed by atoms with Crippen molar-refractivity contribution in [1.82, 2.24) is 15.6 Å². The van der Waals surface area contributed by atoms with Crippen LogP contribution < -0.4 is 5.43 Å². The molecule has 0 atom stereocenters. The minimum absolute atomic E-state index is 0.293. The Bertz CT molecular complexity index is 681. The molecule has 1 fully saturated rings. The van der Waals surface area contributed by atoms with Crippen molar-refractivity contribution >= 4 is 12.1 Å². The molecule has 0 bridgehead atoms. The van der Waals surface area contributed by atoms with E-state index in [1.807, 2.05) is 12.1 Å². The summed E-state index contributed by atoms with van der Waals surface area (Å²) >= 11 is 0. The topological polar surface area (TPSA) is 70.1 Å². The lowest BCUT2D eigenvalue weighted by Gasteiger charge is -2.04. The van der Waals surface area contributed by atoms with E-state index in [-0.39, 0.29) is 5.91 Å². The molecule has 1 saturated carbocycles. The molecule has 5 nitrogen and oxygen atoms in total. The van der Waals surface area contributed by atoms with Crippen LogP contribution in [0.3, 0.4) is 0 Å². The highest BCUT2D eigenvalue weighted by Crippen LogP contribution is 2.38. The first-order chi connectivity index (χ1) is 10.6. The molecule has 0 spiro atoms. The van der Waals surface area contributed by atoms with Gasteiger partial charge in [0.05, 0.1) is 6.21 Å². The van der Waals surface area contributed by atoms with Gasteiger partial charge >= 0.3 is 0 Å². The van der Waals surface area contributed by atoms with Crippen LogP contribution in [0.25, 0.3) is 0 Å². The number of amides is 1. The second kappa shape index (κ2) is 6.13. The van der Waals surface area contributed by atoms with Crippen LogP contribution in [0.4, 0.5) is 0 Å². The van der Waals surface area contributed by atoms with Crippen molar-refractivity contribution in [3.05, 3.63) is 52.8 Å². The zero-order valence-electron chi connectivity index (χ0n) is 12.8. The van der Waals surface area contributed by atoms with Crippen LogP contribution in [0, 0.1) is 0 Å². The first kappa shape index (κ1) is 14.5. The molecule has 3 rings (SSSR count). The molecule has 1 aliphatic rings. The Morgan fingerprint density at radius 2 is 2.09 bits per heavy atom. The third-order valence-electron chi connectivity index (χ3n) is 3.83. The minimum Gasteiger partial charge on any atom is -0.281 e. The molecule has 1 amide bonds. The van der Waals surface area contributed by atoms with E-state index in [2.05, 4.69) is 46.7 Å². The molecule has 1 aromatic heterocycles. The van der Waals surface area contributed by atoms with Crippen molar-refractivity contribution in [2.75, 3.05) is 0 Å². The number of hydrogen-bond donors (Lipinski definition) is 2. The smallest absolute Gasteiger partial charge is 0.281 e. The van der Waals surface area contributed by atoms with Gasteiger partial charge in [-0.2, -0.15) is 10.2 Å². The Morgan fingerprint density at radius 3 is 2.73 bits per heavy atom. The third kappa shape index (κ3) is 3.42. The van der Waals surface area contributed by atoms with Gasteiger partial charge in [0.15, 0.2) is 5.69 Å². The van der Waals surface area contributed by atoms with E-state index in [0.717, 1.165) is 11.3 Å². The number of hydrogen-bond acceptors (Lipinski definition) is 3. The second-order valence-electron chi connectivity index (χ2n) is 6.00. The van der Waals surface area contributed by atoms with Crippen LogP contribution >= 0.6 is 0 Å². The molecular weight excluding hydrogens is 276 g/mol. The average Bonchev–Trinajstić information content (AvgIpc) is 3.25. The third-order valence-corrected chi connectivity index (χ3v) is 3.83.